The van der Waals surface area contributed by atoms with E-state index < -0.39 is 0 Å². The van der Waals surface area contributed by atoms with Gasteiger partial charge in [-0.05, 0) is 30.4 Å². The lowest BCUT2D eigenvalue weighted by molar-refractivity contribution is 0.334. The molecule has 0 unspecified atom stereocenters. The first-order valence-electron chi connectivity index (χ1n) is 6.54. The Hall–Kier alpha value is 0.270. The normalized spacial score (nSPS) is 19.4. The molecule has 18 heavy (non-hydrogen) atoms. The molecule has 1 aromatic heterocycles. The second-order valence-corrected chi connectivity index (χ2v) is 7.14. The van der Waals surface area contributed by atoms with E-state index in [1.165, 1.54) is 38.5 Å². The summed E-state index contributed by atoms with van der Waals surface area (Å²) in [7, 11) is 0. The van der Waals surface area contributed by atoms with Gasteiger partial charge in [-0.25, -0.2) is 4.98 Å². The number of rotatable bonds is 4. The van der Waals surface area contributed by atoms with E-state index in [1.807, 2.05) is 23.9 Å². The second-order valence-electron chi connectivity index (χ2n) is 5.15. The number of halogens is 2. The highest BCUT2D eigenvalue weighted by Gasteiger charge is 2.29. The third-order valence-electron chi connectivity index (χ3n) is 3.67. The zero-order valence-electron chi connectivity index (χ0n) is 10.5. The Kier molecular flexibility index (Phi) is 5.84. The molecule has 0 radical (unpaired) electrons. The van der Waals surface area contributed by atoms with E-state index in [9.17, 15) is 0 Å². The molecule has 0 N–H and O–H groups in total. The van der Waals surface area contributed by atoms with Crippen LogP contribution in [0.2, 0.25) is 5.02 Å². The van der Waals surface area contributed by atoms with Crippen LogP contribution in [0.15, 0.2) is 23.4 Å². The second kappa shape index (κ2) is 7.16. The molecule has 0 bridgehead atoms. The van der Waals surface area contributed by atoms with Gasteiger partial charge in [-0.15, -0.1) is 11.8 Å². The fourth-order valence-electron chi connectivity index (χ4n) is 2.47. The van der Waals surface area contributed by atoms with Crippen LogP contribution in [0.1, 0.15) is 38.5 Å². The Balaban J connectivity index is 1.95. The maximum absolute atomic E-state index is 5.86. The van der Waals surface area contributed by atoms with Crippen molar-refractivity contribution >= 4 is 39.3 Å². The van der Waals surface area contributed by atoms with Gasteiger partial charge >= 0.3 is 0 Å². The van der Waals surface area contributed by atoms with E-state index in [0.717, 1.165) is 16.1 Å². The minimum Gasteiger partial charge on any atom is -0.248 e. The molecule has 2 rings (SSSR count). The number of aromatic nitrogens is 1. The molecule has 0 saturated heterocycles. The van der Waals surface area contributed by atoms with Gasteiger partial charge in [0.05, 0.1) is 10.0 Å². The van der Waals surface area contributed by atoms with E-state index in [2.05, 4.69) is 20.9 Å². The zero-order chi connectivity index (χ0) is 12.8. The van der Waals surface area contributed by atoms with Crippen LogP contribution < -0.4 is 0 Å². The molecule has 1 saturated carbocycles. The molecule has 100 valence electrons. The first kappa shape index (κ1) is 14.7. The van der Waals surface area contributed by atoms with Crippen LogP contribution in [0.25, 0.3) is 0 Å². The lowest BCUT2D eigenvalue weighted by Crippen LogP contribution is -2.25. The molecular weight excluding hydrogens is 330 g/mol. The first-order chi connectivity index (χ1) is 8.74. The number of pyridine rings is 1. The molecule has 4 heteroatoms. The minimum atomic E-state index is 0.461. The Morgan fingerprint density at radius 1 is 1.22 bits per heavy atom. The Bertz CT molecular complexity index is 361. The predicted molar refractivity (Wildman–Crippen MR) is 83.9 cm³/mol. The molecular formula is C14H19BrClNS. The molecule has 1 aromatic rings. The topological polar surface area (TPSA) is 12.9 Å². The third kappa shape index (κ3) is 4.14. The van der Waals surface area contributed by atoms with Gasteiger partial charge in [0.15, 0.2) is 0 Å². The van der Waals surface area contributed by atoms with Crippen molar-refractivity contribution in [2.24, 2.45) is 5.41 Å². The Labute approximate surface area is 127 Å². The van der Waals surface area contributed by atoms with Crippen molar-refractivity contribution in [1.29, 1.82) is 0 Å². The van der Waals surface area contributed by atoms with Gasteiger partial charge in [0.2, 0.25) is 0 Å². The third-order valence-corrected chi connectivity index (χ3v) is 6.38. The van der Waals surface area contributed by atoms with Gasteiger partial charge in [0.1, 0.15) is 0 Å². The molecule has 0 aliphatic heterocycles. The van der Waals surface area contributed by atoms with E-state index in [1.54, 1.807) is 6.20 Å². The molecule has 0 atom stereocenters. The van der Waals surface area contributed by atoms with Crippen LogP contribution in [-0.2, 0) is 0 Å². The first-order valence-corrected chi connectivity index (χ1v) is 9.03. The fraction of sp³-hybridized carbons (Fsp3) is 0.643. The van der Waals surface area contributed by atoms with Gasteiger partial charge in [-0.1, -0.05) is 53.2 Å². The zero-order valence-corrected chi connectivity index (χ0v) is 13.7. The average molecular weight is 349 g/mol. The van der Waals surface area contributed by atoms with Gasteiger partial charge in [-0.2, -0.15) is 0 Å². The summed E-state index contributed by atoms with van der Waals surface area (Å²) in [5.41, 5.74) is 0.461. The fourth-order valence-corrected chi connectivity index (χ4v) is 4.74. The monoisotopic (exact) mass is 347 g/mol. The van der Waals surface area contributed by atoms with Crippen LogP contribution in [0.4, 0.5) is 0 Å². The molecule has 0 aromatic carbocycles. The highest BCUT2D eigenvalue weighted by molar-refractivity contribution is 9.09. The van der Waals surface area contributed by atoms with E-state index in [-0.39, 0.29) is 0 Å². The van der Waals surface area contributed by atoms with Crippen LogP contribution in [0, 0.1) is 5.41 Å². The van der Waals surface area contributed by atoms with Crippen LogP contribution in [0.3, 0.4) is 0 Å². The summed E-state index contributed by atoms with van der Waals surface area (Å²) < 4.78 is 0. The maximum Gasteiger partial charge on any atom is 0.0961 e. The number of nitrogens with zero attached hydrogens (tertiary/aromatic N) is 1. The quantitative estimate of drug-likeness (QED) is 0.401. The summed E-state index contributed by atoms with van der Waals surface area (Å²) in [6.07, 6.45) is 9.98. The van der Waals surface area contributed by atoms with Crippen molar-refractivity contribution in [3.63, 3.8) is 0 Å². The number of hydrogen-bond acceptors (Lipinski definition) is 2. The number of alkyl halides is 1. The van der Waals surface area contributed by atoms with Crippen LogP contribution in [-0.4, -0.2) is 16.1 Å². The smallest absolute Gasteiger partial charge is 0.0961 e. The standard InChI is InChI=1S/C14H19BrClNS/c15-10-14(7-3-1-2-4-8-14)11-18-13-6-5-12(16)9-17-13/h5-6,9H,1-4,7-8,10-11H2. The summed E-state index contributed by atoms with van der Waals surface area (Å²) in [6.45, 7) is 0. The average Bonchev–Trinajstić information content (AvgIpc) is 2.64. The molecule has 1 nitrogen and oxygen atoms in total. The van der Waals surface area contributed by atoms with Gasteiger partial charge in [0.25, 0.3) is 0 Å². The molecule has 0 amide bonds. The summed E-state index contributed by atoms with van der Waals surface area (Å²) in [5, 5.41) is 2.91. The highest BCUT2D eigenvalue weighted by atomic mass is 79.9. The number of hydrogen-bond donors (Lipinski definition) is 0. The summed E-state index contributed by atoms with van der Waals surface area (Å²) in [5.74, 6) is 1.16. The minimum absolute atomic E-state index is 0.461. The molecule has 1 aliphatic rings. The molecule has 1 heterocycles. The highest BCUT2D eigenvalue weighted by Crippen LogP contribution is 2.40. The largest absolute Gasteiger partial charge is 0.248 e. The maximum atomic E-state index is 5.86. The van der Waals surface area contributed by atoms with Crippen molar-refractivity contribution in [2.45, 2.75) is 43.6 Å². The predicted octanol–water partition coefficient (Wildman–Crippen LogP) is 5.56. The molecule has 1 fully saturated rings. The van der Waals surface area contributed by atoms with Gasteiger partial charge < -0.3 is 0 Å². The summed E-state index contributed by atoms with van der Waals surface area (Å²) in [6, 6.07) is 3.94. The van der Waals surface area contributed by atoms with Crippen molar-refractivity contribution in [3.8, 4) is 0 Å². The van der Waals surface area contributed by atoms with E-state index >= 15 is 0 Å². The van der Waals surface area contributed by atoms with Crippen molar-refractivity contribution in [1.82, 2.24) is 4.98 Å². The number of thioether (sulfide) groups is 1. The Morgan fingerprint density at radius 2 is 1.94 bits per heavy atom. The van der Waals surface area contributed by atoms with Crippen molar-refractivity contribution in [2.75, 3.05) is 11.1 Å². The summed E-state index contributed by atoms with van der Waals surface area (Å²) >= 11 is 11.5. The van der Waals surface area contributed by atoms with Gasteiger partial charge in [-0.3, -0.25) is 0 Å². The van der Waals surface area contributed by atoms with Gasteiger partial charge in [0, 0.05) is 17.3 Å². The lowest BCUT2D eigenvalue weighted by atomic mass is 9.85. The summed E-state index contributed by atoms with van der Waals surface area (Å²) in [4.78, 5) is 4.37. The SMILES string of the molecule is Clc1ccc(SCC2(CBr)CCCCCC2)nc1. The molecule has 0 spiro atoms. The van der Waals surface area contributed by atoms with Crippen molar-refractivity contribution < 1.29 is 0 Å². The molecule has 1 aliphatic carbocycles. The van der Waals surface area contributed by atoms with Crippen molar-refractivity contribution in [3.05, 3.63) is 23.4 Å². The van der Waals surface area contributed by atoms with E-state index in [4.69, 9.17) is 11.6 Å². The van der Waals surface area contributed by atoms with Crippen LogP contribution >= 0.6 is 39.3 Å². The van der Waals surface area contributed by atoms with E-state index in [0.29, 0.717) is 10.4 Å². The lowest BCUT2D eigenvalue weighted by Gasteiger charge is -2.30. The van der Waals surface area contributed by atoms with Crippen LogP contribution in [0.5, 0.6) is 0 Å². The Morgan fingerprint density at radius 3 is 2.50 bits per heavy atom.